The second-order valence-electron chi connectivity index (χ2n) is 3.84. The zero-order chi connectivity index (χ0) is 9.59. The van der Waals surface area contributed by atoms with Crippen molar-refractivity contribution >= 4 is 15.9 Å². The number of nitrogens with zero attached hydrogens (tertiary/aromatic N) is 2. The third-order valence-electron chi connectivity index (χ3n) is 3.00. The van der Waals surface area contributed by atoms with Gasteiger partial charge in [-0.05, 0) is 31.9 Å². The Kier molecular flexibility index (Phi) is 2.14. The highest BCUT2D eigenvalue weighted by atomic mass is 79.9. The van der Waals surface area contributed by atoms with Gasteiger partial charge in [-0.3, -0.25) is 10.0 Å². The van der Waals surface area contributed by atoms with Crippen molar-refractivity contribution in [2.24, 2.45) is 0 Å². The second kappa shape index (κ2) is 3.05. The topological polar surface area (TPSA) is 6.48 Å². The number of hydrazine groups is 1. The molecule has 72 valence electrons. The first-order chi connectivity index (χ1) is 6.15. The van der Waals surface area contributed by atoms with Gasteiger partial charge in [0.25, 0.3) is 0 Å². The van der Waals surface area contributed by atoms with E-state index in [1.807, 2.05) is 0 Å². The van der Waals surface area contributed by atoms with Gasteiger partial charge in [0.1, 0.15) is 0 Å². The highest BCUT2D eigenvalue weighted by molar-refractivity contribution is 9.09. The molecule has 0 amide bonds. The maximum Gasteiger partial charge on any atom is 0.0620 e. The summed E-state index contributed by atoms with van der Waals surface area (Å²) in [5.41, 5.74) is 5.85. The van der Waals surface area contributed by atoms with Crippen LogP contribution < -0.4 is 0 Å². The minimum atomic E-state index is 0.968. The van der Waals surface area contributed by atoms with Crippen molar-refractivity contribution in [1.82, 2.24) is 10.0 Å². The van der Waals surface area contributed by atoms with Crippen LogP contribution in [-0.2, 0) is 0 Å². The van der Waals surface area contributed by atoms with E-state index in [9.17, 15) is 0 Å². The van der Waals surface area contributed by atoms with Gasteiger partial charge < -0.3 is 0 Å². The van der Waals surface area contributed by atoms with Gasteiger partial charge in [0.15, 0.2) is 0 Å². The van der Waals surface area contributed by atoms with Crippen LogP contribution >= 0.6 is 15.9 Å². The normalized spacial score (nSPS) is 22.2. The summed E-state index contributed by atoms with van der Waals surface area (Å²) in [6, 6.07) is 0. The van der Waals surface area contributed by atoms with Crippen LogP contribution in [0.15, 0.2) is 22.5 Å². The van der Waals surface area contributed by atoms with Crippen molar-refractivity contribution in [1.29, 1.82) is 0 Å². The predicted molar refractivity (Wildman–Crippen MR) is 58.3 cm³/mol. The van der Waals surface area contributed by atoms with E-state index in [0.717, 1.165) is 18.4 Å². The summed E-state index contributed by atoms with van der Waals surface area (Å²) in [6.07, 6.45) is 0. The minimum absolute atomic E-state index is 0.968. The monoisotopic (exact) mass is 242 g/mol. The highest BCUT2D eigenvalue weighted by Gasteiger charge is 2.32. The summed E-state index contributed by atoms with van der Waals surface area (Å²) in [7, 11) is 0. The third-order valence-corrected chi connectivity index (χ3v) is 3.53. The molecule has 3 heteroatoms. The quantitative estimate of drug-likeness (QED) is 0.653. The largest absolute Gasteiger partial charge is 0.286 e. The summed E-state index contributed by atoms with van der Waals surface area (Å²) in [5.74, 6) is 0. The molecule has 2 aliphatic heterocycles. The number of halogens is 1. The fourth-order valence-corrected chi connectivity index (χ4v) is 2.76. The van der Waals surface area contributed by atoms with E-state index in [2.05, 4.69) is 46.7 Å². The fraction of sp³-hybridized carbons (Fsp3) is 0.600. The molecule has 13 heavy (non-hydrogen) atoms. The number of rotatable bonds is 1. The van der Waals surface area contributed by atoms with Crippen molar-refractivity contribution in [3.63, 3.8) is 0 Å². The number of hydrogen-bond acceptors (Lipinski definition) is 2. The van der Waals surface area contributed by atoms with E-state index < -0.39 is 0 Å². The number of alkyl halides is 1. The molecule has 0 unspecified atom stereocenters. The van der Waals surface area contributed by atoms with Crippen LogP contribution in [0.2, 0.25) is 0 Å². The van der Waals surface area contributed by atoms with Crippen LogP contribution in [0.3, 0.4) is 0 Å². The standard InChI is InChI=1S/C10H15BrN2/c1-7-5-13-10(4-11)8(2)6-12(13)9(7)3/h4-6H2,1-3H3. The Balaban J connectivity index is 2.27. The van der Waals surface area contributed by atoms with Crippen molar-refractivity contribution < 1.29 is 0 Å². The van der Waals surface area contributed by atoms with Crippen LogP contribution in [0.5, 0.6) is 0 Å². The smallest absolute Gasteiger partial charge is 0.0620 e. The Morgan fingerprint density at radius 2 is 1.69 bits per heavy atom. The molecule has 2 nitrogen and oxygen atoms in total. The van der Waals surface area contributed by atoms with Gasteiger partial charge in [-0.2, -0.15) is 0 Å². The van der Waals surface area contributed by atoms with Gasteiger partial charge in [-0.15, -0.1) is 0 Å². The lowest BCUT2D eigenvalue weighted by molar-refractivity contribution is 0.118. The van der Waals surface area contributed by atoms with Crippen LogP contribution in [0, 0.1) is 0 Å². The molecule has 0 aromatic carbocycles. The summed E-state index contributed by atoms with van der Waals surface area (Å²) < 4.78 is 0. The van der Waals surface area contributed by atoms with Crippen molar-refractivity contribution in [2.45, 2.75) is 20.8 Å². The van der Waals surface area contributed by atoms with E-state index in [4.69, 9.17) is 0 Å². The van der Waals surface area contributed by atoms with Crippen LogP contribution in [0.4, 0.5) is 0 Å². The lowest BCUT2D eigenvalue weighted by atomic mass is 10.2. The zero-order valence-electron chi connectivity index (χ0n) is 8.39. The van der Waals surface area contributed by atoms with Crippen LogP contribution in [-0.4, -0.2) is 28.4 Å². The molecule has 2 rings (SSSR count). The lowest BCUT2D eigenvalue weighted by Crippen LogP contribution is -2.31. The van der Waals surface area contributed by atoms with E-state index in [1.54, 1.807) is 0 Å². The molecule has 0 fully saturated rings. The van der Waals surface area contributed by atoms with E-state index in [1.165, 1.54) is 22.5 Å². The van der Waals surface area contributed by atoms with Gasteiger partial charge in [-0.25, -0.2) is 0 Å². The van der Waals surface area contributed by atoms with Gasteiger partial charge in [0.05, 0.1) is 13.1 Å². The molecule has 0 atom stereocenters. The number of hydrogen-bond donors (Lipinski definition) is 0. The Morgan fingerprint density at radius 3 is 2.31 bits per heavy atom. The summed E-state index contributed by atoms with van der Waals surface area (Å²) in [6.45, 7) is 8.79. The van der Waals surface area contributed by atoms with Crippen molar-refractivity contribution in [3.8, 4) is 0 Å². The molecule has 2 heterocycles. The summed E-state index contributed by atoms with van der Waals surface area (Å²) in [4.78, 5) is 0. The predicted octanol–water partition coefficient (Wildman–Crippen LogP) is 2.50. The molecular weight excluding hydrogens is 228 g/mol. The maximum absolute atomic E-state index is 3.55. The molecule has 0 radical (unpaired) electrons. The molecule has 0 bridgehead atoms. The first kappa shape index (κ1) is 9.13. The Bertz CT molecular complexity index is 304. The van der Waals surface area contributed by atoms with Crippen LogP contribution in [0.1, 0.15) is 20.8 Å². The molecule has 0 aromatic rings. The lowest BCUT2D eigenvalue weighted by Gasteiger charge is -2.27. The van der Waals surface area contributed by atoms with E-state index >= 15 is 0 Å². The second-order valence-corrected chi connectivity index (χ2v) is 4.40. The first-order valence-corrected chi connectivity index (χ1v) is 5.73. The number of fused-ring (bicyclic) bond motifs is 1. The SMILES string of the molecule is CC1=C(C)N2CC(C)=C(CBr)N2C1. The van der Waals surface area contributed by atoms with Gasteiger partial charge in [0.2, 0.25) is 0 Å². The van der Waals surface area contributed by atoms with Gasteiger partial charge in [0, 0.05) is 16.7 Å². The molecule has 0 aromatic heterocycles. The van der Waals surface area contributed by atoms with Crippen molar-refractivity contribution in [2.75, 3.05) is 18.4 Å². The first-order valence-electron chi connectivity index (χ1n) is 4.61. The molecular formula is C10H15BrN2. The third kappa shape index (κ3) is 1.21. The molecule has 2 aliphatic rings. The maximum atomic E-state index is 3.55. The average Bonchev–Trinajstić information content (AvgIpc) is 2.52. The average molecular weight is 243 g/mol. The molecule has 0 saturated heterocycles. The van der Waals surface area contributed by atoms with Crippen molar-refractivity contribution in [3.05, 3.63) is 22.5 Å². The molecule has 0 spiro atoms. The zero-order valence-corrected chi connectivity index (χ0v) is 9.98. The number of allylic oxidation sites excluding steroid dienone is 2. The Hall–Kier alpha value is -0.440. The molecule has 0 saturated carbocycles. The Labute approximate surface area is 88.0 Å². The van der Waals surface area contributed by atoms with Gasteiger partial charge in [-0.1, -0.05) is 15.9 Å². The van der Waals surface area contributed by atoms with E-state index in [-0.39, 0.29) is 0 Å². The van der Waals surface area contributed by atoms with Gasteiger partial charge >= 0.3 is 0 Å². The summed E-state index contributed by atoms with van der Waals surface area (Å²) in [5, 5.41) is 5.73. The summed E-state index contributed by atoms with van der Waals surface area (Å²) >= 11 is 3.55. The van der Waals surface area contributed by atoms with E-state index in [0.29, 0.717) is 0 Å². The minimum Gasteiger partial charge on any atom is -0.286 e. The Morgan fingerprint density at radius 1 is 1.08 bits per heavy atom. The molecule has 0 aliphatic carbocycles. The highest BCUT2D eigenvalue weighted by Crippen LogP contribution is 2.34. The molecule has 0 N–H and O–H groups in total. The fourth-order valence-electron chi connectivity index (χ4n) is 1.99. The van der Waals surface area contributed by atoms with Crippen LogP contribution in [0.25, 0.3) is 0 Å².